The molecule has 2 N–H and O–H groups in total. The minimum absolute atomic E-state index is 0.0374. The van der Waals surface area contributed by atoms with Crippen LogP contribution in [0.4, 0.5) is 0 Å². The van der Waals surface area contributed by atoms with E-state index in [9.17, 15) is 14.7 Å². The van der Waals surface area contributed by atoms with Crippen LogP contribution in [0.25, 0.3) is 11.0 Å². The van der Waals surface area contributed by atoms with E-state index in [1.807, 2.05) is 0 Å². The molecule has 0 aliphatic heterocycles. The highest BCUT2D eigenvalue weighted by molar-refractivity contribution is 5.89. The molecule has 0 saturated carbocycles. The van der Waals surface area contributed by atoms with Gasteiger partial charge in [-0.3, -0.25) is 4.79 Å². The van der Waals surface area contributed by atoms with Crippen molar-refractivity contribution < 1.29 is 28.5 Å². The van der Waals surface area contributed by atoms with Gasteiger partial charge in [0.25, 0.3) is 0 Å². The number of aliphatic hydroxyl groups is 1. The Morgan fingerprint density at radius 3 is 2.62 bits per heavy atom. The summed E-state index contributed by atoms with van der Waals surface area (Å²) in [5.74, 6) is 0.374. The summed E-state index contributed by atoms with van der Waals surface area (Å²) in [6, 6.07) is 3.46. The lowest BCUT2D eigenvalue weighted by Crippen LogP contribution is -2.36. The Balaban J connectivity index is 2.32. The number of methoxy groups -OCH3 is 3. The molecule has 0 aliphatic rings. The van der Waals surface area contributed by atoms with Crippen LogP contribution in [0.15, 0.2) is 21.3 Å². The number of fused-ring (bicyclic) bond motifs is 1. The molecular weight excluding hydrogens is 342 g/mol. The Morgan fingerprint density at radius 1 is 1.27 bits per heavy atom. The molecule has 0 aliphatic carbocycles. The molecule has 0 fully saturated rings. The summed E-state index contributed by atoms with van der Waals surface area (Å²) in [6.07, 6.45) is -0.965. The van der Waals surface area contributed by atoms with Crippen LogP contribution in [0.2, 0.25) is 0 Å². The van der Waals surface area contributed by atoms with E-state index in [0.29, 0.717) is 22.4 Å². The maximum absolute atomic E-state index is 12.4. The monoisotopic (exact) mass is 365 g/mol. The van der Waals surface area contributed by atoms with Gasteiger partial charge in [-0.05, 0) is 24.6 Å². The lowest BCUT2D eigenvalue weighted by molar-refractivity contribution is -0.121. The molecule has 8 nitrogen and oxygen atoms in total. The highest BCUT2D eigenvalue weighted by atomic mass is 16.5. The molecule has 0 spiro atoms. The second kappa shape index (κ2) is 8.68. The molecule has 142 valence electrons. The van der Waals surface area contributed by atoms with Crippen molar-refractivity contribution in [2.24, 2.45) is 0 Å². The average Bonchev–Trinajstić information content (AvgIpc) is 2.62. The number of amides is 1. The van der Waals surface area contributed by atoms with Crippen molar-refractivity contribution in [3.8, 4) is 11.5 Å². The smallest absolute Gasteiger partial charge is 0.340 e. The quantitative estimate of drug-likeness (QED) is 0.666. The maximum atomic E-state index is 12.4. The van der Waals surface area contributed by atoms with Crippen molar-refractivity contribution in [3.63, 3.8) is 0 Å². The van der Waals surface area contributed by atoms with Crippen LogP contribution in [0.1, 0.15) is 11.1 Å². The number of rotatable bonds is 8. The molecule has 0 radical (unpaired) electrons. The van der Waals surface area contributed by atoms with Gasteiger partial charge in [0.1, 0.15) is 0 Å². The Kier molecular flexibility index (Phi) is 6.59. The fourth-order valence-electron chi connectivity index (χ4n) is 2.68. The number of carbonyl (C=O) groups excluding carboxylic acids is 1. The van der Waals surface area contributed by atoms with Gasteiger partial charge in [-0.15, -0.1) is 0 Å². The van der Waals surface area contributed by atoms with Crippen molar-refractivity contribution in [1.29, 1.82) is 0 Å². The number of nitrogens with one attached hydrogen (secondary N) is 1. The maximum Gasteiger partial charge on any atom is 0.340 e. The Labute approximate surface area is 150 Å². The van der Waals surface area contributed by atoms with Crippen LogP contribution in [0.3, 0.4) is 0 Å². The fourth-order valence-corrected chi connectivity index (χ4v) is 2.68. The van der Waals surface area contributed by atoms with Gasteiger partial charge in [0.2, 0.25) is 11.7 Å². The third-order valence-electron chi connectivity index (χ3n) is 4.03. The summed E-state index contributed by atoms with van der Waals surface area (Å²) in [7, 11) is 4.41. The molecule has 1 heterocycles. The normalized spacial score (nSPS) is 12.0. The first kappa shape index (κ1) is 19.7. The number of ether oxygens (including phenoxy) is 3. The number of hydrogen-bond acceptors (Lipinski definition) is 7. The molecule has 2 aromatic rings. The minimum atomic E-state index is -0.810. The zero-order chi connectivity index (χ0) is 19.3. The number of hydrogen-bond donors (Lipinski definition) is 2. The summed E-state index contributed by atoms with van der Waals surface area (Å²) in [6.45, 7) is 1.89. The largest absolute Gasteiger partial charge is 0.493 e. The standard InChI is InChI=1S/C18H23NO7/c1-10-12-5-6-14(24-3)17(25-4)16(12)26-18(22)13(10)7-15(21)19-8-11(20)9-23-2/h5-6,11,20H,7-9H2,1-4H3,(H,19,21)/t11-/m0/s1. The zero-order valence-electron chi connectivity index (χ0n) is 15.3. The third-order valence-corrected chi connectivity index (χ3v) is 4.03. The topological polar surface area (TPSA) is 107 Å². The van der Waals surface area contributed by atoms with E-state index in [0.717, 1.165) is 0 Å². The molecule has 0 unspecified atom stereocenters. The average molecular weight is 365 g/mol. The third kappa shape index (κ3) is 4.14. The van der Waals surface area contributed by atoms with Gasteiger partial charge in [0, 0.05) is 19.0 Å². The SMILES string of the molecule is COC[C@@H](O)CNC(=O)Cc1c(C)c2ccc(OC)c(OC)c2oc1=O. The number of carbonyl (C=O) groups is 1. The molecule has 1 amide bonds. The first-order valence-electron chi connectivity index (χ1n) is 8.03. The zero-order valence-corrected chi connectivity index (χ0v) is 15.3. The van der Waals surface area contributed by atoms with E-state index in [2.05, 4.69) is 5.32 Å². The second-order valence-electron chi connectivity index (χ2n) is 5.76. The number of benzene rings is 1. The van der Waals surface area contributed by atoms with E-state index in [4.69, 9.17) is 18.6 Å². The molecular formula is C18H23NO7. The second-order valence-corrected chi connectivity index (χ2v) is 5.76. The molecule has 1 aromatic carbocycles. The minimum Gasteiger partial charge on any atom is -0.493 e. The number of aliphatic hydroxyl groups excluding tert-OH is 1. The number of aryl methyl sites for hydroxylation is 1. The van der Waals surface area contributed by atoms with Gasteiger partial charge in [0.05, 0.1) is 38.9 Å². The summed E-state index contributed by atoms with van der Waals surface area (Å²) in [5, 5.41) is 12.8. The van der Waals surface area contributed by atoms with E-state index < -0.39 is 17.6 Å². The fraction of sp³-hybridized carbons (Fsp3) is 0.444. The highest BCUT2D eigenvalue weighted by Crippen LogP contribution is 2.36. The van der Waals surface area contributed by atoms with Crippen LogP contribution in [0.5, 0.6) is 11.5 Å². The Hall–Kier alpha value is -2.58. The van der Waals surface area contributed by atoms with Crippen LogP contribution < -0.4 is 20.4 Å². The summed E-state index contributed by atoms with van der Waals surface area (Å²) in [5.41, 5.74) is 0.538. The van der Waals surface area contributed by atoms with Crippen LogP contribution in [0, 0.1) is 6.92 Å². The molecule has 2 rings (SSSR count). The molecule has 0 bridgehead atoms. The summed E-state index contributed by atoms with van der Waals surface area (Å²) in [4.78, 5) is 24.5. The van der Waals surface area contributed by atoms with Crippen molar-refractivity contribution in [2.45, 2.75) is 19.4 Å². The van der Waals surface area contributed by atoms with E-state index in [1.54, 1.807) is 19.1 Å². The van der Waals surface area contributed by atoms with Crippen molar-refractivity contribution in [3.05, 3.63) is 33.7 Å². The first-order valence-corrected chi connectivity index (χ1v) is 8.03. The van der Waals surface area contributed by atoms with E-state index in [1.165, 1.54) is 21.3 Å². The van der Waals surface area contributed by atoms with Gasteiger partial charge in [-0.25, -0.2) is 4.79 Å². The van der Waals surface area contributed by atoms with Gasteiger partial charge in [0.15, 0.2) is 11.3 Å². The summed E-state index contributed by atoms with van der Waals surface area (Å²) < 4.78 is 20.7. The van der Waals surface area contributed by atoms with Crippen molar-refractivity contribution in [2.75, 3.05) is 34.5 Å². The lowest BCUT2D eigenvalue weighted by atomic mass is 10.0. The Morgan fingerprint density at radius 2 is 2.00 bits per heavy atom. The Bertz CT molecular complexity index is 844. The first-order chi connectivity index (χ1) is 12.4. The summed E-state index contributed by atoms with van der Waals surface area (Å²) >= 11 is 0. The van der Waals surface area contributed by atoms with Crippen molar-refractivity contribution in [1.82, 2.24) is 5.32 Å². The predicted octanol–water partition coefficient (Wildman–Crippen LogP) is 0.785. The lowest BCUT2D eigenvalue weighted by Gasteiger charge is -2.13. The highest BCUT2D eigenvalue weighted by Gasteiger charge is 2.19. The molecule has 1 atom stereocenters. The van der Waals surface area contributed by atoms with Crippen LogP contribution in [-0.2, 0) is 16.0 Å². The molecule has 8 heteroatoms. The van der Waals surface area contributed by atoms with Crippen LogP contribution >= 0.6 is 0 Å². The predicted molar refractivity (Wildman–Crippen MR) is 94.9 cm³/mol. The molecule has 1 aromatic heterocycles. The molecule has 26 heavy (non-hydrogen) atoms. The van der Waals surface area contributed by atoms with Gasteiger partial charge in [-0.2, -0.15) is 0 Å². The van der Waals surface area contributed by atoms with Gasteiger partial charge in [-0.1, -0.05) is 0 Å². The van der Waals surface area contributed by atoms with Gasteiger partial charge >= 0.3 is 5.63 Å². The van der Waals surface area contributed by atoms with Gasteiger partial charge < -0.3 is 29.1 Å². The molecule has 0 saturated heterocycles. The van der Waals surface area contributed by atoms with Crippen LogP contribution in [-0.4, -0.2) is 51.6 Å². The van der Waals surface area contributed by atoms with Crippen molar-refractivity contribution >= 4 is 16.9 Å². The van der Waals surface area contributed by atoms with E-state index >= 15 is 0 Å². The van der Waals surface area contributed by atoms with E-state index in [-0.39, 0.29) is 30.7 Å².